The lowest BCUT2D eigenvalue weighted by Crippen LogP contribution is -2.03. The molecule has 26 heavy (non-hydrogen) atoms. The minimum Gasteiger partial charge on any atom is -0.138 e. The van der Waals surface area contributed by atoms with E-state index in [4.69, 9.17) is 0 Å². The zero-order valence-electron chi connectivity index (χ0n) is 15.1. The molecule has 0 fully saturated rings. The lowest BCUT2D eigenvalue weighted by molar-refractivity contribution is 1.25. The Morgan fingerprint density at radius 1 is 0.538 bits per heavy atom. The van der Waals surface area contributed by atoms with Crippen LogP contribution in [0.3, 0.4) is 0 Å². The largest absolute Gasteiger partial charge is 0.138 e. The predicted octanol–water partition coefficient (Wildman–Crippen LogP) is 7.71. The third-order valence-electron chi connectivity index (χ3n) is 4.64. The molecule has 2 heteroatoms. The summed E-state index contributed by atoms with van der Waals surface area (Å²) in [7, 11) is -1.48. The van der Waals surface area contributed by atoms with Gasteiger partial charge in [-0.1, -0.05) is 59.7 Å². The predicted molar refractivity (Wildman–Crippen MR) is 114 cm³/mol. The molecule has 0 N–H and O–H groups in total. The summed E-state index contributed by atoms with van der Waals surface area (Å²) < 4.78 is 1.43. The summed E-state index contributed by atoms with van der Waals surface area (Å²) in [5.74, 6) is 0. The molecule has 130 valence electrons. The highest BCUT2D eigenvalue weighted by atomic mass is 32.3. The average molecular weight is 375 g/mol. The molecule has 0 saturated carbocycles. The van der Waals surface area contributed by atoms with Crippen LogP contribution in [-0.2, 0) is 0 Å². The average Bonchev–Trinajstić information content (AvgIpc) is 3.21. The molecule has 0 aliphatic heterocycles. The van der Waals surface area contributed by atoms with E-state index in [2.05, 4.69) is 110 Å². The molecular weight excluding hydrogens is 352 g/mol. The Morgan fingerprint density at radius 2 is 1.04 bits per heavy atom. The van der Waals surface area contributed by atoms with Crippen molar-refractivity contribution in [1.82, 2.24) is 0 Å². The monoisotopic (exact) mass is 374 g/mol. The summed E-state index contributed by atoms with van der Waals surface area (Å²) in [6.07, 6.45) is 0. The maximum absolute atomic E-state index is 2.32. The number of hydrogen-bond donors (Lipinski definition) is 0. The second kappa shape index (κ2) is 7.14. The smallest absolute Gasteiger partial charge is 0.0550 e. The first-order valence-corrected chi connectivity index (χ1v) is 11.3. The Bertz CT molecular complexity index is 921. The molecule has 0 nitrogen and oxygen atoms in total. The molecule has 1 heterocycles. The molecule has 0 amide bonds. The van der Waals surface area contributed by atoms with E-state index in [0.717, 1.165) is 0 Å². The maximum Gasteiger partial charge on any atom is 0.0550 e. The van der Waals surface area contributed by atoms with Gasteiger partial charge in [0.15, 0.2) is 0 Å². The van der Waals surface area contributed by atoms with Crippen LogP contribution in [0.25, 0.3) is 0 Å². The summed E-state index contributed by atoms with van der Waals surface area (Å²) in [6.45, 7) is 4.31. The topological polar surface area (TPSA) is 0 Å². The van der Waals surface area contributed by atoms with Crippen LogP contribution in [0.2, 0.25) is 0 Å². The normalized spacial score (nSPS) is 12.1. The molecule has 0 aliphatic carbocycles. The number of rotatable bonds is 4. The molecule has 0 bridgehead atoms. The van der Waals surface area contributed by atoms with Gasteiger partial charge in [-0.3, -0.25) is 0 Å². The SMILES string of the molecule is Cc1ccc(S(c2ccccc2)(c2ccc(C)cc2)c2cccs2)cc1. The van der Waals surface area contributed by atoms with Gasteiger partial charge in [0.2, 0.25) is 0 Å². The van der Waals surface area contributed by atoms with Crippen LogP contribution in [0.5, 0.6) is 0 Å². The van der Waals surface area contributed by atoms with E-state index in [1.165, 1.54) is 30.0 Å². The molecule has 0 spiro atoms. The van der Waals surface area contributed by atoms with E-state index < -0.39 is 10.0 Å². The molecule has 3 aromatic carbocycles. The standard InChI is InChI=1S/C24H22S2/c1-19-10-14-22(15-11-19)26(24-9-6-18-25-24,21-7-4-3-5-8-21)23-16-12-20(2)13-17-23/h3-18H,1-2H3. The van der Waals surface area contributed by atoms with E-state index in [1.54, 1.807) is 0 Å². The molecule has 4 rings (SSSR count). The summed E-state index contributed by atoms with van der Waals surface area (Å²) in [5, 5.41) is 2.20. The number of hydrogen-bond acceptors (Lipinski definition) is 1. The van der Waals surface area contributed by atoms with Gasteiger partial charge in [0.1, 0.15) is 0 Å². The maximum atomic E-state index is 2.32. The van der Waals surface area contributed by atoms with Gasteiger partial charge in [0.25, 0.3) is 0 Å². The van der Waals surface area contributed by atoms with Gasteiger partial charge < -0.3 is 0 Å². The van der Waals surface area contributed by atoms with Gasteiger partial charge in [-0.2, -0.15) is 0 Å². The highest BCUT2D eigenvalue weighted by Gasteiger charge is 2.33. The Balaban J connectivity index is 2.10. The van der Waals surface area contributed by atoms with Crippen molar-refractivity contribution in [2.45, 2.75) is 32.7 Å². The van der Waals surface area contributed by atoms with E-state index in [1.807, 2.05) is 11.3 Å². The van der Waals surface area contributed by atoms with Gasteiger partial charge in [-0.05, 0) is 61.7 Å². The fraction of sp³-hybridized carbons (Fsp3) is 0.0833. The fourth-order valence-corrected chi connectivity index (χ4v) is 8.81. The van der Waals surface area contributed by atoms with Crippen LogP contribution in [0.15, 0.2) is 115 Å². The van der Waals surface area contributed by atoms with Crippen LogP contribution < -0.4 is 0 Å². The van der Waals surface area contributed by atoms with Crippen molar-refractivity contribution >= 4 is 21.4 Å². The first-order chi connectivity index (χ1) is 12.7. The quantitative estimate of drug-likeness (QED) is 0.343. The third-order valence-corrected chi connectivity index (χ3v) is 10.0. The van der Waals surface area contributed by atoms with Crippen molar-refractivity contribution in [2.24, 2.45) is 0 Å². The lowest BCUT2D eigenvalue weighted by Gasteiger charge is -2.40. The zero-order chi connectivity index (χ0) is 18.0. The van der Waals surface area contributed by atoms with Crippen molar-refractivity contribution in [1.29, 1.82) is 0 Å². The second-order valence-corrected chi connectivity index (χ2v) is 10.8. The highest BCUT2D eigenvalue weighted by molar-refractivity contribution is 8.35. The zero-order valence-corrected chi connectivity index (χ0v) is 16.7. The molecular formula is C24H22S2. The minimum atomic E-state index is -1.48. The second-order valence-electron chi connectivity index (χ2n) is 6.48. The molecule has 0 atom stereocenters. The van der Waals surface area contributed by atoms with E-state index in [-0.39, 0.29) is 0 Å². The summed E-state index contributed by atoms with van der Waals surface area (Å²) in [4.78, 5) is 4.16. The summed E-state index contributed by atoms with van der Waals surface area (Å²) >= 11 is 1.86. The summed E-state index contributed by atoms with van der Waals surface area (Å²) in [5.41, 5.74) is 2.59. The van der Waals surface area contributed by atoms with Gasteiger partial charge in [-0.25, -0.2) is 0 Å². The molecule has 0 saturated heterocycles. The van der Waals surface area contributed by atoms with Gasteiger partial charge in [-0.15, -0.1) is 21.4 Å². The molecule has 0 radical (unpaired) electrons. The fourth-order valence-electron chi connectivity index (χ4n) is 3.30. The van der Waals surface area contributed by atoms with Crippen molar-refractivity contribution in [3.63, 3.8) is 0 Å². The Kier molecular flexibility index (Phi) is 4.71. The first-order valence-electron chi connectivity index (χ1n) is 8.77. The van der Waals surface area contributed by atoms with Gasteiger partial charge in [0.05, 0.1) is 4.21 Å². The molecule has 4 aromatic rings. The van der Waals surface area contributed by atoms with Crippen LogP contribution in [0, 0.1) is 13.8 Å². The first kappa shape index (κ1) is 17.1. The van der Waals surface area contributed by atoms with E-state index in [0.29, 0.717) is 0 Å². The van der Waals surface area contributed by atoms with Gasteiger partial charge in [0, 0.05) is 14.7 Å². The Morgan fingerprint density at radius 3 is 1.50 bits per heavy atom. The highest BCUT2D eigenvalue weighted by Crippen LogP contribution is 2.74. The minimum absolute atomic E-state index is 1.30. The van der Waals surface area contributed by atoms with E-state index in [9.17, 15) is 0 Å². The van der Waals surface area contributed by atoms with Crippen LogP contribution in [0.1, 0.15) is 11.1 Å². The number of aryl methyl sites for hydroxylation is 2. The van der Waals surface area contributed by atoms with Crippen molar-refractivity contribution in [2.75, 3.05) is 0 Å². The van der Waals surface area contributed by atoms with Crippen LogP contribution >= 0.6 is 21.4 Å². The Labute approximate surface area is 161 Å². The van der Waals surface area contributed by atoms with Crippen molar-refractivity contribution < 1.29 is 0 Å². The molecule has 0 aliphatic rings. The van der Waals surface area contributed by atoms with Crippen molar-refractivity contribution in [3.8, 4) is 0 Å². The van der Waals surface area contributed by atoms with Crippen molar-refractivity contribution in [3.05, 3.63) is 108 Å². The van der Waals surface area contributed by atoms with Crippen LogP contribution in [-0.4, -0.2) is 0 Å². The van der Waals surface area contributed by atoms with Gasteiger partial charge >= 0.3 is 0 Å². The van der Waals surface area contributed by atoms with Crippen LogP contribution in [0.4, 0.5) is 0 Å². The number of thiophene rings is 1. The lowest BCUT2D eigenvalue weighted by atomic mass is 10.2. The third kappa shape index (κ3) is 2.90. The molecule has 0 unspecified atom stereocenters. The summed E-state index contributed by atoms with van der Waals surface area (Å²) in [6, 6.07) is 33.7. The number of benzene rings is 3. The van der Waals surface area contributed by atoms with E-state index >= 15 is 0 Å². The Hall–Kier alpha value is -2.29. The molecule has 1 aromatic heterocycles.